The minimum atomic E-state index is -0.337. The standard InChI is InChI=1S/C24H22N4O2.ClH/c25-15-16-6-8-18(9-7-16)22-19(17-4-2-1-3-5-17)14-20-21(28-22)10-11-26-23(20)24(30)27-12-13-29;/h1-11,14,29H,12-13,15,25H2,(H,27,30);1H. The summed E-state index contributed by atoms with van der Waals surface area (Å²) in [6.07, 6.45) is 1.58. The van der Waals surface area contributed by atoms with Crippen molar-refractivity contribution >= 4 is 29.2 Å². The molecule has 1 amide bonds. The van der Waals surface area contributed by atoms with Crippen LogP contribution in [-0.2, 0) is 6.54 Å². The molecule has 7 heteroatoms. The largest absolute Gasteiger partial charge is 0.395 e. The Morgan fingerprint density at radius 2 is 1.74 bits per heavy atom. The van der Waals surface area contributed by atoms with Crippen LogP contribution < -0.4 is 11.1 Å². The zero-order chi connectivity index (χ0) is 20.9. The molecule has 4 N–H and O–H groups in total. The zero-order valence-electron chi connectivity index (χ0n) is 16.8. The minimum absolute atomic E-state index is 0. The van der Waals surface area contributed by atoms with Crippen LogP contribution in [0.5, 0.6) is 0 Å². The lowest BCUT2D eigenvalue weighted by molar-refractivity contribution is 0.0941. The normalized spacial score (nSPS) is 10.5. The van der Waals surface area contributed by atoms with Gasteiger partial charge in [-0.25, -0.2) is 4.98 Å². The Hall–Kier alpha value is -3.32. The fraction of sp³-hybridized carbons (Fsp3) is 0.125. The second kappa shape index (κ2) is 10.1. The average molecular weight is 435 g/mol. The van der Waals surface area contributed by atoms with Crippen molar-refractivity contribution in [2.45, 2.75) is 6.54 Å². The van der Waals surface area contributed by atoms with Crippen molar-refractivity contribution < 1.29 is 9.90 Å². The lowest BCUT2D eigenvalue weighted by Gasteiger charge is -2.13. The number of fused-ring (bicyclic) bond motifs is 1. The van der Waals surface area contributed by atoms with Crippen LogP contribution in [0.15, 0.2) is 72.9 Å². The number of carbonyl (C=O) groups excluding carboxylic acids is 1. The number of aliphatic hydroxyl groups excluding tert-OH is 1. The fourth-order valence-corrected chi connectivity index (χ4v) is 3.39. The SMILES string of the molecule is Cl.NCc1ccc(-c2nc3ccnc(C(=O)NCCO)c3cc2-c2ccccc2)cc1. The Morgan fingerprint density at radius 3 is 2.42 bits per heavy atom. The van der Waals surface area contributed by atoms with E-state index in [2.05, 4.69) is 10.3 Å². The highest BCUT2D eigenvalue weighted by Gasteiger charge is 2.17. The van der Waals surface area contributed by atoms with E-state index in [0.717, 1.165) is 27.9 Å². The number of rotatable bonds is 6. The van der Waals surface area contributed by atoms with Crippen LogP contribution in [0.3, 0.4) is 0 Å². The van der Waals surface area contributed by atoms with Crippen molar-refractivity contribution in [2.75, 3.05) is 13.2 Å². The van der Waals surface area contributed by atoms with E-state index in [4.69, 9.17) is 15.8 Å². The number of aliphatic hydroxyl groups is 1. The van der Waals surface area contributed by atoms with Gasteiger partial charge in [-0.15, -0.1) is 12.4 Å². The van der Waals surface area contributed by atoms with Gasteiger partial charge in [-0.3, -0.25) is 9.78 Å². The number of benzene rings is 2. The predicted molar refractivity (Wildman–Crippen MR) is 125 cm³/mol. The topological polar surface area (TPSA) is 101 Å². The van der Waals surface area contributed by atoms with Gasteiger partial charge in [0, 0.05) is 35.8 Å². The van der Waals surface area contributed by atoms with E-state index in [9.17, 15) is 4.79 Å². The third kappa shape index (κ3) is 4.72. The van der Waals surface area contributed by atoms with Gasteiger partial charge in [0.05, 0.1) is 17.8 Å². The van der Waals surface area contributed by atoms with Crippen LogP contribution in [0.25, 0.3) is 33.3 Å². The van der Waals surface area contributed by atoms with Gasteiger partial charge in [-0.1, -0.05) is 54.6 Å². The maximum absolute atomic E-state index is 12.6. The van der Waals surface area contributed by atoms with Gasteiger partial charge < -0.3 is 16.2 Å². The minimum Gasteiger partial charge on any atom is -0.395 e. The quantitative estimate of drug-likeness (QED) is 0.430. The van der Waals surface area contributed by atoms with Gasteiger partial charge in [0.25, 0.3) is 5.91 Å². The molecule has 0 fully saturated rings. The molecule has 31 heavy (non-hydrogen) atoms. The second-order valence-corrected chi connectivity index (χ2v) is 6.86. The molecular formula is C24H23ClN4O2. The lowest BCUT2D eigenvalue weighted by atomic mass is 9.96. The summed E-state index contributed by atoms with van der Waals surface area (Å²) in [5, 5.41) is 12.3. The summed E-state index contributed by atoms with van der Waals surface area (Å²) in [6.45, 7) is 0.517. The summed E-state index contributed by atoms with van der Waals surface area (Å²) in [7, 11) is 0. The number of halogens is 1. The van der Waals surface area contributed by atoms with Crippen LogP contribution in [0.4, 0.5) is 0 Å². The first kappa shape index (κ1) is 22.4. The second-order valence-electron chi connectivity index (χ2n) is 6.86. The molecule has 0 atom stereocenters. The van der Waals surface area contributed by atoms with E-state index in [-0.39, 0.29) is 37.2 Å². The summed E-state index contributed by atoms with van der Waals surface area (Å²) in [5.41, 5.74) is 11.5. The number of carbonyl (C=O) groups is 1. The van der Waals surface area contributed by atoms with Crippen molar-refractivity contribution in [3.8, 4) is 22.4 Å². The molecule has 0 saturated carbocycles. The van der Waals surface area contributed by atoms with Crippen molar-refractivity contribution in [1.29, 1.82) is 0 Å². The van der Waals surface area contributed by atoms with Gasteiger partial charge >= 0.3 is 0 Å². The third-order valence-electron chi connectivity index (χ3n) is 4.90. The molecule has 2 aromatic carbocycles. The summed E-state index contributed by atoms with van der Waals surface area (Å²) in [4.78, 5) is 21.7. The summed E-state index contributed by atoms with van der Waals surface area (Å²) in [5.74, 6) is -0.337. The Morgan fingerprint density at radius 1 is 1.00 bits per heavy atom. The van der Waals surface area contributed by atoms with Crippen LogP contribution in [0, 0.1) is 0 Å². The molecule has 2 heterocycles. The summed E-state index contributed by atoms with van der Waals surface area (Å²) >= 11 is 0. The molecule has 0 unspecified atom stereocenters. The monoisotopic (exact) mass is 434 g/mol. The van der Waals surface area contributed by atoms with Crippen LogP contribution >= 0.6 is 12.4 Å². The van der Waals surface area contributed by atoms with Gasteiger partial charge in [0.1, 0.15) is 5.69 Å². The molecule has 2 aromatic heterocycles. The molecule has 158 valence electrons. The van der Waals surface area contributed by atoms with Gasteiger partial charge in [0.15, 0.2) is 0 Å². The molecule has 0 aliphatic rings. The van der Waals surface area contributed by atoms with Crippen LogP contribution in [0.1, 0.15) is 16.1 Å². The number of pyridine rings is 2. The number of hydrogen-bond acceptors (Lipinski definition) is 5. The van der Waals surface area contributed by atoms with Crippen molar-refractivity contribution in [2.24, 2.45) is 5.73 Å². The number of hydrogen-bond donors (Lipinski definition) is 3. The third-order valence-corrected chi connectivity index (χ3v) is 4.90. The molecule has 0 radical (unpaired) electrons. The molecule has 0 spiro atoms. The van der Waals surface area contributed by atoms with Gasteiger partial charge in [0.2, 0.25) is 0 Å². The fourth-order valence-electron chi connectivity index (χ4n) is 3.39. The van der Waals surface area contributed by atoms with Gasteiger partial charge in [-0.2, -0.15) is 0 Å². The van der Waals surface area contributed by atoms with Crippen LogP contribution in [-0.4, -0.2) is 34.1 Å². The Kier molecular flexibility index (Phi) is 7.31. The molecule has 6 nitrogen and oxygen atoms in total. The van der Waals surface area contributed by atoms with E-state index in [1.54, 1.807) is 12.3 Å². The van der Waals surface area contributed by atoms with Crippen molar-refractivity contribution in [3.05, 3.63) is 84.2 Å². The molecule has 0 aliphatic heterocycles. The van der Waals surface area contributed by atoms with E-state index >= 15 is 0 Å². The lowest BCUT2D eigenvalue weighted by Crippen LogP contribution is -2.27. The molecular weight excluding hydrogens is 412 g/mol. The maximum atomic E-state index is 12.6. The molecule has 0 aliphatic carbocycles. The molecule has 4 rings (SSSR count). The summed E-state index contributed by atoms with van der Waals surface area (Å²) < 4.78 is 0. The Balaban J connectivity index is 0.00000272. The first-order valence-electron chi connectivity index (χ1n) is 9.75. The van der Waals surface area contributed by atoms with Crippen molar-refractivity contribution in [3.63, 3.8) is 0 Å². The molecule has 4 aromatic rings. The highest BCUT2D eigenvalue weighted by molar-refractivity contribution is 6.06. The van der Waals surface area contributed by atoms with E-state index in [0.29, 0.717) is 17.4 Å². The van der Waals surface area contributed by atoms with Crippen LogP contribution in [0.2, 0.25) is 0 Å². The number of amides is 1. The predicted octanol–water partition coefficient (Wildman–Crippen LogP) is 3.57. The number of aromatic nitrogens is 2. The van der Waals surface area contributed by atoms with Crippen molar-refractivity contribution in [1.82, 2.24) is 15.3 Å². The Labute approximate surface area is 186 Å². The van der Waals surface area contributed by atoms with E-state index in [1.165, 1.54) is 0 Å². The number of nitrogens with two attached hydrogens (primary N) is 1. The maximum Gasteiger partial charge on any atom is 0.270 e. The number of nitrogens with zero attached hydrogens (tertiary/aromatic N) is 2. The first-order valence-corrected chi connectivity index (χ1v) is 9.75. The van der Waals surface area contributed by atoms with E-state index in [1.807, 2.05) is 60.7 Å². The van der Waals surface area contributed by atoms with Gasteiger partial charge in [-0.05, 0) is 23.3 Å². The first-order chi connectivity index (χ1) is 14.7. The number of nitrogens with one attached hydrogen (secondary N) is 1. The highest BCUT2D eigenvalue weighted by Crippen LogP contribution is 2.34. The smallest absolute Gasteiger partial charge is 0.270 e. The summed E-state index contributed by atoms with van der Waals surface area (Å²) in [6, 6.07) is 21.7. The molecule has 0 bridgehead atoms. The highest BCUT2D eigenvalue weighted by atomic mass is 35.5. The van der Waals surface area contributed by atoms with E-state index < -0.39 is 0 Å². The Bertz CT molecular complexity index is 1180. The molecule has 0 saturated heterocycles. The average Bonchev–Trinajstić information content (AvgIpc) is 2.82. The zero-order valence-corrected chi connectivity index (χ0v) is 17.6.